The number of fused-ring (bicyclic) bond motifs is 1. The van der Waals surface area contributed by atoms with Crippen molar-refractivity contribution < 1.29 is 4.74 Å². The fraction of sp³-hybridized carbons (Fsp3) is 0.600. The number of hydrogen-bond acceptors (Lipinski definition) is 3. The molecular weight excluding hydrogens is 242 g/mol. The average molecular weight is 263 g/mol. The minimum absolute atomic E-state index is 0.359. The molecule has 18 heavy (non-hydrogen) atoms. The van der Waals surface area contributed by atoms with Crippen LogP contribution in [0.1, 0.15) is 30.9 Å². The van der Waals surface area contributed by atoms with Crippen LogP contribution >= 0.6 is 11.8 Å². The number of rotatable bonds is 3. The van der Waals surface area contributed by atoms with E-state index >= 15 is 0 Å². The van der Waals surface area contributed by atoms with E-state index in [-0.39, 0.29) is 0 Å². The third-order valence-corrected chi connectivity index (χ3v) is 5.42. The van der Waals surface area contributed by atoms with E-state index in [9.17, 15) is 0 Å². The highest BCUT2D eigenvalue weighted by Crippen LogP contribution is 2.35. The van der Waals surface area contributed by atoms with Crippen molar-refractivity contribution in [3.63, 3.8) is 0 Å². The Kier molecular flexibility index (Phi) is 3.53. The van der Waals surface area contributed by atoms with Gasteiger partial charge in [0.1, 0.15) is 5.75 Å². The first kappa shape index (κ1) is 12.4. The molecule has 1 N–H and O–H groups in total. The second-order valence-electron chi connectivity index (χ2n) is 5.75. The number of nitrogens with one attached hydrogen (secondary N) is 1. The third kappa shape index (κ3) is 2.52. The SMILES string of the molecule is CC1(COc2cccc3c2CNC3)CCCSC1. The Balaban J connectivity index is 1.68. The Bertz CT molecular complexity index is 427. The molecule has 0 radical (unpaired) electrons. The van der Waals surface area contributed by atoms with Gasteiger partial charge in [-0.25, -0.2) is 0 Å². The molecule has 0 bridgehead atoms. The molecule has 2 aliphatic rings. The summed E-state index contributed by atoms with van der Waals surface area (Å²) in [5, 5.41) is 3.39. The van der Waals surface area contributed by atoms with E-state index in [0.29, 0.717) is 5.41 Å². The normalized spacial score (nSPS) is 26.9. The zero-order valence-corrected chi connectivity index (χ0v) is 11.8. The maximum atomic E-state index is 6.14. The van der Waals surface area contributed by atoms with Crippen molar-refractivity contribution in [1.29, 1.82) is 0 Å². The molecule has 1 unspecified atom stereocenters. The van der Waals surface area contributed by atoms with Gasteiger partial charge >= 0.3 is 0 Å². The standard InChI is InChI=1S/C15H21NOS/c1-15(6-3-7-18-11-15)10-17-14-5-2-4-12-8-16-9-13(12)14/h2,4-5,16H,3,6-11H2,1H3. The number of ether oxygens (including phenoxy) is 1. The first-order valence-electron chi connectivity index (χ1n) is 6.79. The van der Waals surface area contributed by atoms with Gasteiger partial charge in [0.2, 0.25) is 0 Å². The lowest BCUT2D eigenvalue weighted by Crippen LogP contribution is -2.31. The van der Waals surface area contributed by atoms with Gasteiger partial charge in [-0.3, -0.25) is 0 Å². The molecule has 0 aliphatic carbocycles. The Labute approximate surface area is 113 Å². The molecule has 1 atom stereocenters. The first-order chi connectivity index (χ1) is 8.77. The predicted octanol–water partition coefficient (Wildman–Crippen LogP) is 3.20. The van der Waals surface area contributed by atoms with Crippen LogP contribution in [-0.4, -0.2) is 18.1 Å². The van der Waals surface area contributed by atoms with Gasteiger partial charge in [-0.1, -0.05) is 19.1 Å². The zero-order valence-electron chi connectivity index (χ0n) is 11.0. The predicted molar refractivity (Wildman–Crippen MR) is 77.1 cm³/mol. The molecule has 3 heteroatoms. The molecule has 0 aromatic heterocycles. The lowest BCUT2D eigenvalue weighted by molar-refractivity contribution is 0.169. The van der Waals surface area contributed by atoms with Gasteiger partial charge in [0.05, 0.1) is 6.61 Å². The molecule has 0 spiro atoms. The molecule has 2 aliphatic heterocycles. The van der Waals surface area contributed by atoms with E-state index in [2.05, 4.69) is 42.2 Å². The van der Waals surface area contributed by atoms with Crippen molar-refractivity contribution in [2.24, 2.45) is 5.41 Å². The van der Waals surface area contributed by atoms with Crippen LogP contribution in [0.2, 0.25) is 0 Å². The topological polar surface area (TPSA) is 21.3 Å². The van der Waals surface area contributed by atoms with Gasteiger partial charge < -0.3 is 10.1 Å². The number of hydrogen-bond donors (Lipinski definition) is 1. The summed E-state index contributed by atoms with van der Waals surface area (Å²) in [6, 6.07) is 6.42. The van der Waals surface area contributed by atoms with Crippen LogP contribution < -0.4 is 10.1 Å². The average Bonchev–Trinajstić information content (AvgIpc) is 2.86. The van der Waals surface area contributed by atoms with Crippen LogP contribution in [0.4, 0.5) is 0 Å². The lowest BCUT2D eigenvalue weighted by atomic mass is 9.88. The van der Waals surface area contributed by atoms with Crippen LogP contribution in [0, 0.1) is 5.41 Å². The molecule has 3 rings (SSSR count). The molecule has 1 saturated heterocycles. The molecule has 0 amide bonds. The van der Waals surface area contributed by atoms with E-state index in [1.54, 1.807) is 0 Å². The molecule has 1 fully saturated rings. The second-order valence-corrected chi connectivity index (χ2v) is 6.86. The maximum absolute atomic E-state index is 6.14. The van der Waals surface area contributed by atoms with Crippen LogP contribution in [0.15, 0.2) is 18.2 Å². The van der Waals surface area contributed by atoms with Gasteiger partial charge in [0.15, 0.2) is 0 Å². The Morgan fingerprint density at radius 2 is 2.33 bits per heavy atom. The van der Waals surface area contributed by atoms with Gasteiger partial charge in [-0.05, 0) is 30.2 Å². The summed E-state index contributed by atoms with van der Waals surface area (Å²) in [4.78, 5) is 0. The van der Waals surface area contributed by atoms with Gasteiger partial charge in [-0.15, -0.1) is 0 Å². The number of benzene rings is 1. The summed E-state index contributed by atoms with van der Waals surface area (Å²) in [5.74, 6) is 3.65. The Morgan fingerprint density at radius 3 is 3.17 bits per heavy atom. The summed E-state index contributed by atoms with van der Waals surface area (Å²) in [6.45, 7) is 5.16. The van der Waals surface area contributed by atoms with Crippen LogP contribution in [0.3, 0.4) is 0 Å². The van der Waals surface area contributed by atoms with Crippen LogP contribution in [-0.2, 0) is 13.1 Å². The maximum Gasteiger partial charge on any atom is 0.124 e. The fourth-order valence-electron chi connectivity index (χ4n) is 2.79. The summed E-state index contributed by atoms with van der Waals surface area (Å²) in [7, 11) is 0. The smallest absolute Gasteiger partial charge is 0.124 e. The van der Waals surface area contributed by atoms with Crippen molar-refractivity contribution in [2.45, 2.75) is 32.9 Å². The molecule has 98 valence electrons. The molecule has 2 heterocycles. The fourth-order valence-corrected chi connectivity index (χ4v) is 4.01. The summed E-state index contributed by atoms with van der Waals surface area (Å²) < 4.78 is 6.14. The van der Waals surface area contributed by atoms with Crippen LogP contribution in [0.5, 0.6) is 5.75 Å². The van der Waals surface area contributed by atoms with Crippen molar-refractivity contribution in [3.05, 3.63) is 29.3 Å². The largest absolute Gasteiger partial charge is 0.493 e. The molecular formula is C15H21NOS. The van der Waals surface area contributed by atoms with E-state index in [1.165, 1.54) is 35.5 Å². The quantitative estimate of drug-likeness (QED) is 0.905. The zero-order chi connectivity index (χ0) is 12.4. The molecule has 0 saturated carbocycles. The minimum Gasteiger partial charge on any atom is -0.493 e. The van der Waals surface area contributed by atoms with Crippen molar-refractivity contribution >= 4 is 11.8 Å². The van der Waals surface area contributed by atoms with Crippen molar-refractivity contribution in [3.8, 4) is 5.75 Å². The monoisotopic (exact) mass is 263 g/mol. The number of thioether (sulfide) groups is 1. The van der Waals surface area contributed by atoms with Crippen molar-refractivity contribution in [2.75, 3.05) is 18.1 Å². The minimum atomic E-state index is 0.359. The highest BCUT2D eigenvalue weighted by Gasteiger charge is 2.28. The van der Waals surface area contributed by atoms with E-state index < -0.39 is 0 Å². The van der Waals surface area contributed by atoms with E-state index in [0.717, 1.165) is 25.4 Å². The Hall–Kier alpha value is -0.670. The van der Waals surface area contributed by atoms with Crippen LogP contribution in [0.25, 0.3) is 0 Å². The lowest BCUT2D eigenvalue weighted by Gasteiger charge is -2.33. The van der Waals surface area contributed by atoms with Gasteiger partial charge in [0, 0.05) is 29.8 Å². The molecule has 1 aromatic carbocycles. The van der Waals surface area contributed by atoms with Gasteiger partial charge in [-0.2, -0.15) is 11.8 Å². The highest BCUT2D eigenvalue weighted by atomic mass is 32.2. The molecule has 2 nitrogen and oxygen atoms in total. The van der Waals surface area contributed by atoms with Crippen molar-refractivity contribution in [1.82, 2.24) is 5.32 Å². The molecule has 1 aromatic rings. The third-order valence-electron chi connectivity index (χ3n) is 3.94. The first-order valence-corrected chi connectivity index (χ1v) is 7.94. The van der Waals surface area contributed by atoms with E-state index in [1.807, 2.05) is 0 Å². The summed E-state index contributed by atoms with van der Waals surface area (Å²) >= 11 is 2.07. The summed E-state index contributed by atoms with van der Waals surface area (Å²) in [5.41, 5.74) is 3.12. The van der Waals surface area contributed by atoms with E-state index in [4.69, 9.17) is 4.74 Å². The second kappa shape index (κ2) is 5.14. The summed E-state index contributed by atoms with van der Waals surface area (Å²) in [6.07, 6.45) is 2.63. The Morgan fingerprint density at radius 1 is 1.39 bits per heavy atom. The highest BCUT2D eigenvalue weighted by molar-refractivity contribution is 7.99. The van der Waals surface area contributed by atoms with Gasteiger partial charge in [0.25, 0.3) is 0 Å².